The Balaban J connectivity index is 1.94. The number of hydrogen-bond donors (Lipinski definition) is 4. The van der Waals surface area contributed by atoms with Crippen molar-refractivity contribution in [2.24, 2.45) is 0 Å². The van der Waals surface area contributed by atoms with Crippen LogP contribution in [0, 0.1) is 13.8 Å². The number of carbonyl (C=O) groups is 2. The summed E-state index contributed by atoms with van der Waals surface area (Å²) in [6.45, 7) is 12.3. The van der Waals surface area contributed by atoms with Crippen molar-refractivity contribution in [1.82, 2.24) is 19.9 Å². The average Bonchev–Trinajstić information content (AvgIpc) is 3.55. The zero-order valence-corrected chi connectivity index (χ0v) is 23.9. The summed E-state index contributed by atoms with van der Waals surface area (Å²) in [5.74, 6) is -2.08. The number of H-pyrrole nitrogens is 2. The molecule has 4 N–H and O–H groups in total. The fourth-order valence-electron chi connectivity index (χ4n) is 6.25. The van der Waals surface area contributed by atoms with Crippen LogP contribution in [0.2, 0.25) is 0 Å². The van der Waals surface area contributed by atoms with Crippen molar-refractivity contribution in [2.45, 2.75) is 79.1 Å². The fourth-order valence-corrected chi connectivity index (χ4v) is 6.25. The molecule has 0 amide bonds. The molecule has 5 heterocycles. The molecule has 8 heteroatoms. The molecule has 0 saturated carbocycles. The van der Waals surface area contributed by atoms with Gasteiger partial charge < -0.3 is 20.2 Å². The number of hydrogen-bond acceptors (Lipinski definition) is 4. The fraction of sp³-hybridized carbons (Fsp3) is 0.375. The summed E-state index contributed by atoms with van der Waals surface area (Å²) in [6, 6.07) is 7.89. The van der Waals surface area contributed by atoms with Gasteiger partial charge in [-0.05, 0) is 92.1 Å². The van der Waals surface area contributed by atoms with Gasteiger partial charge in [-0.2, -0.15) is 0 Å². The molecule has 2 aliphatic heterocycles. The van der Waals surface area contributed by atoms with Gasteiger partial charge >= 0.3 is 11.9 Å². The number of aromatic carboxylic acids is 1. The molecule has 208 valence electrons. The maximum atomic E-state index is 12.4. The van der Waals surface area contributed by atoms with Crippen LogP contribution in [0.4, 0.5) is 0 Å². The minimum Gasteiger partial charge on any atom is -0.481 e. The summed E-state index contributed by atoms with van der Waals surface area (Å²) in [6.07, 6.45) is 2.07. The first kappa shape index (κ1) is 27.4. The van der Waals surface area contributed by atoms with E-state index < -0.39 is 11.9 Å². The highest BCUT2D eigenvalue weighted by Gasteiger charge is 2.30. The van der Waals surface area contributed by atoms with E-state index in [2.05, 4.69) is 56.7 Å². The molecule has 0 saturated heterocycles. The lowest BCUT2D eigenvalue weighted by molar-refractivity contribution is -0.137. The second-order valence-corrected chi connectivity index (χ2v) is 10.9. The van der Waals surface area contributed by atoms with Crippen LogP contribution in [0.5, 0.6) is 0 Å². The molecule has 40 heavy (non-hydrogen) atoms. The second-order valence-electron chi connectivity index (χ2n) is 10.9. The zero-order valence-electron chi connectivity index (χ0n) is 23.9. The van der Waals surface area contributed by atoms with Crippen molar-refractivity contribution in [3.05, 3.63) is 69.3 Å². The molecule has 0 fully saturated rings. The lowest BCUT2D eigenvalue weighted by Crippen LogP contribution is -2.06. The van der Waals surface area contributed by atoms with E-state index in [0.29, 0.717) is 28.7 Å². The molecule has 5 rings (SSSR count). The predicted octanol–water partition coefficient (Wildman–Crippen LogP) is 7.29. The molecule has 2 aliphatic rings. The van der Waals surface area contributed by atoms with Crippen molar-refractivity contribution in [2.75, 3.05) is 0 Å². The second kappa shape index (κ2) is 10.4. The van der Waals surface area contributed by atoms with Crippen LogP contribution in [-0.4, -0.2) is 42.1 Å². The molecule has 0 spiro atoms. The Morgan fingerprint density at radius 3 is 2.12 bits per heavy atom. The number of carboxylic acids is 2. The molecule has 0 unspecified atom stereocenters. The van der Waals surface area contributed by atoms with Gasteiger partial charge in [0.05, 0.1) is 22.5 Å². The molecular weight excluding hydrogens is 504 g/mol. The molecule has 3 aromatic rings. The van der Waals surface area contributed by atoms with E-state index in [1.54, 1.807) is 13.0 Å². The first-order chi connectivity index (χ1) is 19.0. The minimum absolute atomic E-state index is 0.00819. The highest BCUT2D eigenvalue weighted by Crippen LogP contribution is 2.40. The van der Waals surface area contributed by atoms with Gasteiger partial charge in [-0.3, -0.25) is 9.78 Å². The lowest BCUT2D eigenvalue weighted by atomic mass is 9.87. The maximum Gasteiger partial charge on any atom is 0.338 e. The number of allylic oxidation sites excluding steroid dienone is 2. The SMILES string of the molecule is CCC1=C(C)c2cc3[nH]c(cc4nc(cc5[nH]c(cc1n2)c(C)c5C(=O)O)[C@@H](CCC(=O)O)[C@@H]4C)c(C)c3CC. The molecule has 3 aromatic heterocycles. The third-order valence-electron chi connectivity index (χ3n) is 8.60. The Kier molecular flexibility index (Phi) is 7.12. The number of aliphatic carboxylic acids is 1. The molecule has 0 radical (unpaired) electrons. The number of aromatic nitrogens is 4. The molecule has 8 nitrogen and oxygen atoms in total. The first-order valence-corrected chi connectivity index (χ1v) is 13.9. The van der Waals surface area contributed by atoms with Crippen molar-refractivity contribution < 1.29 is 19.8 Å². The number of aromatic amines is 2. The normalized spacial score (nSPS) is 16.9. The summed E-state index contributed by atoms with van der Waals surface area (Å²) in [5.41, 5.74) is 11.8. The van der Waals surface area contributed by atoms with Crippen molar-refractivity contribution in [3.63, 3.8) is 0 Å². The summed E-state index contributed by atoms with van der Waals surface area (Å²) in [5, 5.41) is 19.6. The smallest absolute Gasteiger partial charge is 0.338 e. The van der Waals surface area contributed by atoms with Crippen molar-refractivity contribution >= 4 is 45.2 Å². The topological polar surface area (TPSA) is 132 Å². The number of nitrogens with one attached hydrogen (secondary N) is 2. The Morgan fingerprint density at radius 2 is 1.48 bits per heavy atom. The van der Waals surface area contributed by atoms with E-state index in [9.17, 15) is 19.8 Å². The zero-order chi connectivity index (χ0) is 28.9. The number of rotatable bonds is 6. The molecular formula is C32H36N4O4. The highest BCUT2D eigenvalue weighted by atomic mass is 16.4. The van der Waals surface area contributed by atoms with Crippen LogP contribution < -0.4 is 0 Å². The van der Waals surface area contributed by atoms with Gasteiger partial charge in [0.15, 0.2) is 0 Å². The molecule has 0 aliphatic carbocycles. The summed E-state index contributed by atoms with van der Waals surface area (Å²) in [4.78, 5) is 40.8. The molecule has 2 atom stereocenters. The van der Waals surface area contributed by atoms with E-state index in [4.69, 9.17) is 9.97 Å². The Labute approximate surface area is 233 Å². The summed E-state index contributed by atoms with van der Waals surface area (Å²) < 4.78 is 0. The average molecular weight is 541 g/mol. The number of nitrogens with zero attached hydrogens (tertiary/aromatic N) is 2. The van der Waals surface area contributed by atoms with Gasteiger partial charge in [-0.15, -0.1) is 0 Å². The summed E-state index contributed by atoms with van der Waals surface area (Å²) in [7, 11) is 0. The van der Waals surface area contributed by atoms with Crippen LogP contribution in [0.1, 0.15) is 109 Å². The number of fused-ring (bicyclic) bond motifs is 8. The van der Waals surface area contributed by atoms with Gasteiger partial charge in [0, 0.05) is 46.2 Å². The Hall–Kier alpha value is -4.20. The van der Waals surface area contributed by atoms with E-state index in [-0.39, 0.29) is 23.8 Å². The number of carboxylic acid groups (broad SMARTS) is 2. The van der Waals surface area contributed by atoms with E-state index in [1.807, 2.05) is 6.07 Å². The Bertz CT molecular complexity index is 1740. The van der Waals surface area contributed by atoms with Crippen molar-refractivity contribution in [3.8, 4) is 0 Å². The Morgan fingerprint density at radius 1 is 0.825 bits per heavy atom. The van der Waals surface area contributed by atoms with Gasteiger partial charge in [-0.25, -0.2) is 9.78 Å². The van der Waals surface area contributed by atoms with Gasteiger partial charge in [0.2, 0.25) is 0 Å². The van der Waals surface area contributed by atoms with E-state index in [0.717, 1.165) is 57.7 Å². The van der Waals surface area contributed by atoms with Gasteiger partial charge in [0.25, 0.3) is 0 Å². The summed E-state index contributed by atoms with van der Waals surface area (Å²) >= 11 is 0. The predicted molar refractivity (Wildman–Crippen MR) is 158 cm³/mol. The van der Waals surface area contributed by atoms with Gasteiger partial charge in [0.1, 0.15) is 0 Å². The monoisotopic (exact) mass is 540 g/mol. The van der Waals surface area contributed by atoms with Crippen LogP contribution in [0.15, 0.2) is 24.3 Å². The van der Waals surface area contributed by atoms with Gasteiger partial charge in [-0.1, -0.05) is 20.8 Å². The van der Waals surface area contributed by atoms with Crippen LogP contribution in [-0.2, 0) is 11.2 Å². The molecule has 8 bridgehead atoms. The maximum absolute atomic E-state index is 12.4. The quantitative estimate of drug-likeness (QED) is 0.260. The minimum atomic E-state index is -1.03. The third-order valence-corrected chi connectivity index (χ3v) is 8.60. The van der Waals surface area contributed by atoms with E-state index >= 15 is 0 Å². The lowest BCUT2D eigenvalue weighted by Gasteiger charge is -2.14. The van der Waals surface area contributed by atoms with Crippen molar-refractivity contribution in [1.29, 1.82) is 0 Å². The first-order valence-electron chi connectivity index (χ1n) is 13.9. The van der Waals surface area contributed by atoms with Crippen LogP contribution in [0.3, 0.4) is 0 Å². The van der Waals surface area contributed by atoms with Crippen LogP contribution in [0.25, 0.3) is 33.2 Å². The largest absolute Gasteiger partial charge is 0.481 e. The van der Waals surface area contributed by atoms with Crippen LogP contribution >= 0.6 is 0 Å². The van der Waals surface area contributed by atoms with E-state index in [1.165, 1.54) is 5.56 Å². The third kappa shape index (κ3) is 4.61. The highest BCUT2D eigenvalue weighted by molar-refractivity contribution is 6.01. The molecule has 0 aromatic carbocycles. The number of aryl methyl sites for hydroxylation is 3. The standard InChI is InChI=1S/C32H36N4O4/c1-7-19-15(3)22-11-23-17(5)21(9-10-30(37)38)28(35-23)14-29-31(32(39)40)18(6)25(36-29)13-27-20(8-2)16(4)24(34-27)12-26(19)33-22/h11-14,17,21,33,36H,7-10H2,1-6H3,(H,37,38)(H,39,40)/t17-,21-/m0/s1.